The first-order chi connectivity index (χ1) is 9.56. The highest BCUT2D eigenvalue weighted by Gasteiger charge is 2.19. The first kappa shape index (κ1) is 14.0. The number of esters is 1. The lowest BCUT2D eigenvalue weighted by atomic mass is 10.2. The summed E-state index contributed by atoms with van der Waals surface area (Å²) in [5.41, 5.74) is 6.35. The zero-order valence-corrected chi connectivity index (χ0v) is 11.5. The van der Waals surface area contributed by atoms with Crippen LogP contribution in [0.1, 0.15) is 17.3 Å². The topological polar surface area (TPSA) is 94.3 Å². The number of amides is 1. The maximum absolute atomic E-state index is 11.8. The Hall–Kier alpha value is -2.41. The number of hydrogen-bond donors (Lipinski definition) is 2. The number of carbonyl (C=O) groups is 2. The quantitative estimate of drug-likeness (QED) is 0.663. The molecular weight excluding hydrogens is 278 g/mol. The van der Waals surface area contributed by atoms with Crippen LogP contribution in [0.25, 0.3) is 0 Å². The monoisotopic (exact) mass is 291 g/mol. The Morgan fingerprint density at radius 3 is 2.90 bits per heavy atom. The van der Waals surface area contributed by atoms with E-state index in [0.717, 1.165) is 0 Å². The predicted octanol–water partition coefficient (Wildman–Crippen LogP) is 1.91. The largest absolute Gasteiger partial charge is 0.449 e. The number of aromatic nitrogens is 1. The van der Waals surface area contributed by atoms with Crippen molar-refractivity contribution < 1.29 is 14.3 Å². The number of nitrogens with two attached hydrogens (primary N) is 1. The van der Waals surface area contributed by atoms with Gasteiger partial charge < -0.3 is 10.5 Å². The third kappa shape index (κ3) is 3.55. The van der Waals surface area contributed by atoms with Gasteiger partial charge in [-0.05, 0) is 25.1 Å². The molecule has 1 aromatic carbocycles. The fraction of sp³-hybridized carbons (Fsp3) is 0.154. The zero-order chi connectivity index (χ0) is 14.5. The standard InChI is InChI=1S/C13H13N3O3S/c1-8(11(17)16-13-15-5-6-20-13)19-12(18)9-3-2-4-10(14)7-9/h2-8H,14H2,1H3,(H,15,16,17). The molecule has 0 saturated carbocycles. The van der Waals surface area contributed by atoms with E-state index >= 15 is 0 Å². The number of anilines is 2. The molecule has 7 heteroatoms. The van der Waals surface area contributed by atoms with E-state index in [9.17, 15) is 9.59 Å². The summed E-state index contributed by atoms with van der Waals surface area (Å²) in [4.78, 5) is 27.6. The van der Waals surface area contributed by atoms with Crippen molar-refractivity contribution in [1.82, 2.24) is 4.98 Å². The molecule has 1 aromatic heterocycles. The number of nitrogens with zero attached hydrogens (tertiary/aromatic N) is 1. The number of benzene rings is 1. The van der Waals surface area contributed by atoms with Crippen LogP contribution >= 0.6 is 11.3 Å². The predicted molar refractivity (Wildman–Crippen MR) is 76.5 cm³/mol. The lowest BCUT2D eigenvalue weighted by Gasteiger charge is -2.12. The van der Waals surface area contributed by atoms with Crippen molar-refractivity contribution in [3.05, 3.63) is 41.4 Å². The zero-order valence-electron chi connectivity index (χ0n) is 10.7. The molecule has 1 unspecified atom stereocenters. The summed E-state index contributed by atoms with van der Waals surface area (Å²) in [5, 5.41) is 4.75. The maximum Gasteiger partial charge on any atom is 0.338 e. The summed E-state index contributed by atoms with van der Waals surface area (Å²) in [6, 6.07) is 6.37. The summed E-state index contributed by atoms with van der Waals surface area (Å²) in [6.45, 7) is 1.49. The van der Waals surface area contributed by atoms with E-state index in [4.69, 9.17) is 10.5 Å². The SMILES string of the molecule is CC(OC(=O)c1cccc(N)c1)C(=O)Nc1nccs1. The molecule has 6 nitrogen and oxygen atoms in total. The molecule has 1 amide bonds. The van der Waals surface area contributed by atoms with Crippen LogP contribution in [-0.2, 0) is 9.53 Å². The first-order valence-electron chi connectivity index (χ1n) is 5.83. The van der Waals surface area contributed by atoms with Gasteiger partial charge in [0.05, 0.1) is 5.56 Å². The van der Waals surface area contributed by atoms with Crippen LogP contribution < -0.4 is 11.1 Å². The van der Waals surface area contributed by atoms with Crippen LogP contribution in [0.15, 0.2) is 35.8 Å². The van der Waals surface area contributed by atoms with Crippen molar-refractivity contribution in [2.45, 2.75) is 13.0 Å². The molecule has 0 spiro atoms. The van der Waals surface area contributed by atoms with E-state index in [-0.39, 0.29) is 0 Å². The average Bonchev–Trinajstić information content (AvgIpc) is 2.91. The smallest absolute Gasteiger partial charge is 0.338 e. The Kier molecular flexibility index (Phi) is 4.31. The van der Waals surface area contributed by atoms with Crippen molar-refractivity contribution in [3.63, 3.8) is 0 Å². The van der Waals surface area contributed by atoms with Crippen molar-refractivity contribution >= 4 is 34.0 Å². The number of hydrogen-bond acceptors (Lipinski definition) is 6. The first-order valence-corrected chi connectivity index (χ1v) is 6.71. The third-order valence-electron chi connectivity index (χ3n) is 2.44. The van der Waals surface area contributed by atoms with Crippen molar-refractivity contribution in [1.29, 1.82) is 0 Å². The molecule has 1 heterocycles. The minimum absolute atomic E-state index is 0.305. The molecule has 0 bridgehead atoms. The van der Waals surface area contributed by atoms with Crippen LogP contribution in [0.5, 0.6) is 0 Å². The second kappa shape index (κ2) is 6.16. The molecule has 0 aliphatic rings. The van der Waals surface area contributed by atoms with Crippen LogP contribution in [-0.4, -0.2) is 23.0 Å². The van der Waals surface area contributed by atoms with Gasteiger partial charge in [-0.3, -0.25) is 10.1 Å². The molecular formula is C13H13N3O3S. The maximum atomic E-state index is 11.8. The second-order valence-corrected chi connectivity index (χ2v) is 4.89. The summed E-state index contributed by atoms with van der Waals surface area (Å²) >= 11 is 1.29. The van der Waals surface area contributed by atoms with Gasteiger partial charge in [-0.25, -0.2) is 9.78 Å². The number of thiazole rings is 1. The lowest BCUT2D eigenvalue weighted by molar-refractivity contribution is -0.123. The van der Waals surface area contributed by atoms with Gasteiger partial charge in [0.25, 0.3) is 5.91 Å². The van der Waals surface area contributed by atoms with E-state index in [2.05, 4.69) is 10.3 Å². The van der Waals surface area contributed by atoms with Gasteiger partial charge in [-0.15, -0.1) is 11.3 Å². The fourth-order valence-electron chi connectivity index (χ4n) is 1.44. The summed E-state index contributed by atoms with van der Waals surface area (Å²) in [7, 11) is 0. The highest BCUT2D eigenvalue weighted by atomic mass is 32.1. The fourth-order valence-corrected chi connectivity index (χ4v) is 1.97. The van der Waals surface area contributed by atoms with Crippen LogP contribution in [0.2, 0.25) is 0 Å². The Bertz CT molecular complexity index is 613. The molecule has 104 valence electrons. The third-order valence-corrected chi connectivity index (χ3v) is 3.13. The number of nitrogen functional groups attached to an aromatic ring is 1. The van der Waals surface area contributed by atoms with Gasteiger partial charge in [-0.1, -0.05) is 6.07 Å². The molecule has 0 fully saturated rings. The molecule has 2 rings (SSSR count). The van der Waals surface area contributed by atoms with E-state index in [1.165, 1.54) is 24.3 Å². The van der Waals surface area contributed by atoms with Crippen molar-refractivity contribution in [2.24, 2.45) is 0 Å². The van der Waals surface area contributed by atoms with Gasteiger partial charge >= 0.3 is 5.97 Å². The molecule has 3 N–H and O–H groups in total. The molecule has 0 aliphatic heterocycles. The lowest BCUT2D eigenvalue weighted by Crippen LogP contribution is -2.29. The highest BCUT2D eigenvalue weighted by Crippen LogP contribution is 2.12. The molecule has 1 atom stereocenters. The molecule has 0 aliphatic carbocycles. The van der Waals surface area contributed by atoms with E-state index in [1.54, 1.807) is 29.8 Å². The van der Waals surface area contributed by atoms with E-state index in [0.29, 0.717) is 16.4 Å². The Morgan fingerprint density at radius 2 is 2.25 bits per heavy atom. The van der Waals surface area contributed by atoms with Gasteiger partial charge in [0, 0.05) is 17.3 Å². The highest BCUT2D eigenvalue weighted by molar-refractivity contribution is 7.13. The molecule has 2 aromatic rings. The van der Waals surface area contributed by atoms with E-state index < -0.39 is 18.0 Å². The van der Waals surface area contributed by atoms with Gasteiger partial charge in [0.15, 0.2) is 11.2 Å². The number of nitrogens with one attached hydrogen (secondary N) is 1. The average molecular weight is 291 g/mol. The minimum atomic E-state index is -0.923. The Balaban J connectivity index is 1.95. The molecule has 0 saturated heterocycles. The van der Waals surface area contributed by atoms with Crippen molar-refractivity contribution in [3.8, 4) is 0 Å². The van der Waals surface area contributed by atoms with Gasteiger partial charge in [0.1, 0.15) is 0 Å². The molecule has 20 heavy (non-hydrogen) atoms. The number of rotatable bonds is 4. The van der Waals surface area contributed by atoms with E-state index in [1.807, 2.05) is 0 Å². The van der Waals surface area contributed by atoms with Crippen molar-refractivity contribution in [2.75, 3.05) is 11.1 Å². The second-order valence-electron chi connectivity index (χ2n) is 4.00. The number of ether oxygens (including phenoxy) is 1. The minimum Gasteiger partial charge on any atom is -0.449 e. The summed E-state index contributed by atoms with van der Waals surface area (Å²) in [6.07, 6.45) is 0.650. The van der Waals surface area contributed by atoms with Crippen LogP contribution in [0, 0.1) is 0 Å². The van der Waals surface area contributed by atoms with Crippen LogP contribution in [0.3, 0.4) is 0 Å². The number of carbonyl (C=O) groups excluding carboxylic acids is 2. The summed E-state index contributed by atoms with van der Waals surface area (Å²) < 4.78 is 5.07. The van der Waals surface area contributed by atoms with Gasteiger partial charge in [0.2, 0.25) is 0 Å². The van der Waals surface area contributed by atoms with Crippen LogP contribution in [0.4, 0.5) is 10.8 Å². The normalized spacial score (nSPS) is 11.7. The Labute approximate surface area is 119 Å². The summed E-state index contributed by atoms with van der Waals surface area (Å²) in [5.74, 6) is -1.03. The molecule has 0 radical (unpaired) electrons. The Morgan fingerprint density at radius 1 is 1.45 bits per heavy atom. The van der Waals surface area contributed by atoms with Gasteiger partial charge in [-0.2, -0.15) is 0 Å².